The highest BCUT2D eigenvalue weighted by atomic mass is 127. The van der Waals surface area contributed by atoms with Crippen molar-refractivity contribution < 1.29 is 14.6 Å². The van der Waals surface area contributed by atoms with Crippen molar-refractivity contribution in [3.05, 3.63) is 22.0 Å². The number of pyridine rings is 1. The Morgan fingerprint density at radius 2 is 2.06 bits per heavy atom. The Balaban J connectivity index is 1.85. The van der Waals surface area contributed by atoms with Crippen molar-refractivity contribution in [2.75, 3.05) is 0 Å². The Hall–Kier alpha value is -0.850. The maximum Gasteiger partial charge on any atom is 0.306 e. The average molecular weight is 347 g/mol. The number of carboxylic acids is 1. The third-order valence-electron chi connectivity index (χ3n) is 3.03. The van der Waals surface area contributed by atoms with Gasteiger partial charge in [0, 0.05) is 0 Å². The number of carboxylic acid groups (broad SMARTS) is 1. The summed E-state index contributed by atoms with van der Waals surface area (Å²) in [5.74, 6) is -0.103. The average Bonchev–Trinajstić information content (AvgIpc) is 2.33. The molecule has 0 aromatic carbocycles. The molecular weight excluding hydrogens is 333 g/mol. The molecule has 1 saturated carbocycles. The van der Waals surface area contributed by atoms with Gasteiger partial charge in [-0.05, 0) is 60.4 Å². The van der Waals surface area contributed by atoms with Gasteiger partial charge < -0.3 is 9.84 Å². The molecule has 0 atom stereocenters. The second-order valence-corrected chi connectivity index (χ2v) is 5.35. The zero-order valence-corrected chi connectivity index (χ0v) is 11.5. The van der Waals surface area contributed by atoms with Crippen LogP contribution in [0.15, 0.2) is 18.3 Å². The fourth-order valence-corrected chi connectivity index (χ4v) is 2.37. The zero-order valence-electron chi connectivity index (χ0n) is 9.30. The Morgan fingerprint density at radius 1 is 1.35 bits per heavy atom. The molecular formula is C12H14INO3. The van der Waals surface area contributed by atoms with E-state index in [1.54, 1.807) is 6.20 Å². The lowest BCUT2D eigenvalue weighted by atomic mass is 9.87. The van der Waals surface area contributed by atoms with Crippen molar-refractivity contribution in [1.82, 2.24) is 4.98 Å². The third-order valence-corrected chi connectivity index (χ3v) is 3.66. The van der Waals surface area contributed by atoms with E-state index in [0.29, 0.717) is 12.8 Å². The van der Waals surface area contributed by atoms with E-state index in [1.807, 2.05) is 12.1 Å². The predicted octanol–water partition coefficient (Wildman–Crippen LogP) is 2.71. The van der Waals surface area contributed by atoms with Crippen molar-refractivity contribution >= 4 is 28.6 Å². The number of hydrogen-bond acceptors (Lipinski definition) is 3. The molecule has 17 heavy (non-hydrogen) atoms. The summed E-state index contributed by atoms with van der Waals surface area (Å²) in [5.41, 5.74) is 0. The predicted molar refractivity (Wildman–Crippen MR) is 71.0 cm³/mol. The van der Waals surface area contributed by atoms with Crippen molar-refractivity contribution in [2.45, 2.75) is 31.8 Å². The molecule has 1 N–H and O–H groups in total. The molecule has 1 fully saturated rings. The number of nitrogens with zero attached hydrogens (tertiary/aromatic N) is 1. The van der Waals surface area contributed by atoms with Crippen LogP contribution in [-0.4, -0.2) is 22.2 Å². The van der Waals surface area contributed by atoms with Crippen molar-refractivity contribution in [3.63, 3.8) is 0 Å². The molecule has 0 spiro atoms. The van der Waals surface area contributed by atoms with Crippen LogP contribution >= 0.6 is 22.6 Å². The van der Waals surface area contributed by atoms with Crippen LogP contribution in [0.5, 0.6) is 5.75 Å². The summed E-state index contributed by atoms with van der Waals surface area (Å²) in [6.07, 6.45) is 4.87. The molecule has 2 rings (SSSR count). The Morgan fingerprint density at radius 3 is 2.59 bits per heavy atom. The molecule has 1 aliphatic carbocycles. The van der Waals surface area contributed by atoms with Crippen LogP contribution in [0.4, 0.5) is 0 Å². The lowest BCUT2D eigenvalue weighted by molar-refractivity contribution is -0.143. The SMILES string of the molecule is O=C(O)[C@H]1CC[C@H](Oc2ccc(I)nc2)CC1. The van der Waals surface area contributed by atoms with E-state index in [-0.39, 0.29) is 12.0 Å². The topological polar surface area (TPSA) is 59.4 Å². The summed E-state index contributed by atoms with van der Waals surface area (Å²) < 4.78 is 6.71. The lowest BCUT2D eigenvalue weighted by Gasteiger charge is -2.26. The van der Waals surface area contributed by atoms with E-state index in [4.69, 9.17) is 9.84 Å². The van der Waals surface area contributed by atoms with Gasteiger partial charge in [0.1, 0.15) is 9.45 Å². The van der Waals surface area contributed by atoms with E-state index in [1.165, 1.54) is 0 Å². The smallest absolute Gasteiger partial charge is 0.306 e. The largest absolute Gasteiger partial charge is 0.489 e. The first-order valence-corrected chi connectivity index (χ1v) is 6.74. The molecule has 0 bridgehead atoms. The molecule has 0 saturated heterocycles. The maximum atomic E-state index is 10.8. The van der Waals surface area contributed by atoms with Gasteiger partial charge in [-0.3, -0.25) is 4.79 Å². The van der Waals surface area contributed by atoms with Crippen LogP contribution in [0, 0.1) is 9.62 Å². The van der Waals surface area contributed by atoms with E-state index in [0.717, 1.165) is 22.3 Å². The van der Waals surface area contributed by atoms with Crippen LogP contribution < -0.4 is 4.74 Å². The minimum absolute atomic E-state index is 0.132. The van der Waals surface area contributed by atoms with Crippen LogP contribution in [0.1, 0.15) is 25.7 Å². The van der Waals surface area contributed by atoms with Crippen molar-refractivity contribution in [2.24, 2.45) is 5.92 Å². The Labute approximate surface area is 114 Å². The van der Waals surface area contributed by atoms with Crippen LogP contribution in [0.3, 0.4) is 0 Å². The maximum absolute atomic E-state index is 10.8. The number of carbonyl (C=O) groups is 1. The van der Waals surface area contributed by atoms with Gasteiger partial charge in [0.15, 0.2) is 0 Å². The third kappa shape index (κ3) is 3.55. The van der Waals surface area contributed by atoms with Gasteiger partial charge in [0.05, 0.1) is 18.2 Å². The molecule has 4 nitrogen and oxygen atoms in total. The molecule has 1 aliphatic rings. The highest BCUT2D eigenvalue weighted by molar-refractivity contribution is 14.1. The second-order valence-electron chi connectivity index (χ2n) is 4.25. The summed E-state index contributed by atoms with van der Waals surface area (Å²) in [6, 6.07) is 3.80. The molecule has 0 amide bonds. The first-order chi connectivity index (χ1) is 8.15. The highest BCUT2D eigenvalue weighted by Gasteiger charge is 2.26. The molecule has 0 radical (unpaired) electrons. The van der Waals surface area contributed by atoms with Gasteiger partial charge in [0.25, 0.3) is 0 Å². The summed E-state index contributed by atoms with van der Waals surface area (Å²) in [5, 5.41) is 8.89. The summed E-state index contributed by atoms with van der Waals surface area (Å²) in [4.78, 5) is 15.0. The van der Waals surface area contributed by atoms with Gasteiger partial charge in [-0.15, -0.1) is 0 Å². The second kappa shape index (κ2) is 5.66. The van der Waals surface area contributed by atoms with Crippen LogP contribution in [-0.2, 0) is 4.79 Å². The van der Waals surface area contributed by atoms with Gasteiger partial charge in [-0.25, -0.2) is 4.98 Å². The van der Waals surface area contributed by atoms with E-state index < -0.39 is 5.97 Å². The molecule has 92 valence electrons. The molecule has 5 heteroatoms. The van der Waals surface area contributed by atoms with E-state index in [9.17, 15) is 4.79 Å². The van der Waals surface area contributed by atoms with Crippen LogP contribution in [0.25, 0.3) is 0 Å². The monoisotopic (exact) mass is 347 g/mol. The van der Waals surface area contributed by atoms with E-state index in [2.05, 4.69) is 27.6 Å². The van der Waals surface area contributed by atoms with Crippen molar-refractivity contribution in [3.8, 4) is 5.75 Å². The first kappa shape index (κ1) is 12.6. The number of aromatic nitrogens is 1. The zero-order chi connectivity index (χ0) is 12.3. The number of hydrogen-bond donors (Lipinski definition) is 1. The normalized spacial score (nSPS) is 24.3. The molecule has 0 aliphatic heterocycles. The fourth-order valence-electron chi connectivity index (χ4n) is 2.05. The lowest BCUT2D eigenvalue weighted by Crippen LogP contribution is -2.27. The summed E-state index contributed by atoms with van der Waals surface area (Å²) in [6.45, 7) is 0. The number of halogens is 1. The van der Waals surface area contributed by atoms with Gasteiger partial charge in [0.2, 0.25) is 0 Å². The summed E-state index contributed by atoms with van der Waals surface area (Å²) in [7, 11) is 0. The molecule has 0 unspecified atom stereocenters. The number of rotatable bonds is 3. The van der Waals surface area contributed by atoms with Gasteiger partial charge >= 0.3 is 5.97 Å². The minimum Gasteiger partial charge on any atom is -0.489 e. The fraction of sp³-hybridized carbons (Fsp3) is 0.500. The Kier molecular flexibility index (Phi) is 4.20. The molecule has 1 aromatic heterocycles. The molecule has 1 aromatic rings. The number of ether oxygens (including phenoxy) is 1. The summed E-state index contributed by atoms with van der Waals surface area (Å²) >= 11 is 2.15. The minimum atomic E-state index is -0.681. The highest BCUT2D eigenvalue weighted by Crippen LogP contribution is 2.27. The Bertz CT molecular complexity index is 385. The number of aliphatic carboxylic acids is 1. The van der Waals surface area contributed by atoms with Gasteiger partial charge in [-0.1, -0.05) is 0 Å². The quantitative estimate of drug-likeness (QED) is 0.675. The van der Waals surface area contributed by atoms with Gasteiger partial charge in [-0.2, -0.15) is 0 Å². The standard InChI is InChI=1S/C12H14INO3/c13-11-6-5-10(7-14-11)17-9-3-1-8(2-4-9)12(15)16/h5-9H,1-4H2,(H,15,16)/t8-,9-. The molecule has 1 heterocycles. The van der Waals surface area contributed by atoms with Crippen molar-refractivity contribution in [1.29, 1.82) is 0 Å². The van der Waals surface area contributed by atoms with E-state index >= 15 is 0 Å². The first-order valence-electron chi connectivity index (χ1n) is 5.66. The van der Waals surface area contributed by atoms with Crippen LogP contribution in [0.2, 0.25) is 0 Å².